The molecule has 0 aliphatic carbocycles. The predicted octanol–water partition coefficient (Wildman–Crippen LogP) is 1.63. The topological polar surface area (TPSA) is 62.7 Å². The fourth-order valence-corrected chi connectivity index (χ4v) is 1.15. The van der Waals surface area contributed by atoms with Crippen molar-refractivity contribution in [1.29, 1.82) is 0 Å². The number of hydrogen-bond acceptors (Lipinski definition) is 5. The van der Waals surface area contributed by atoms with E-state index in [-0.39, 0.29) is 5.28 Å². The molecule has 1 unspecified atom stereocenters. The van der Waals surface area contributed by atoms with Crippen molar-refractivity contribution in [3.05, 3.63) is 11.6 Å². The first-order valence-corrected chi connectivity index (χ1v) is 4.96. The molecular weight excluding hydrogens is 202 g/mol. The summed E-state index contributed by atoms with van der Waals surface area (Å²) in [6.07, 6.45) is 3.59. The summed E-state index contributed by atoms with van der Waals surface area (Å²) in [5.74, 6) is 0.438. The zero-order valence-electron chi connectivity index (χ0n) is 8.29. The molecule has 6 heteroatoms. The molecular formula is C8H14ClN5. The van der Waals surface area contributed by atoms with E-state index in [9.17, 15) is 0 Å². The summed E-state index contributed by atoms with van der Waals surface area (Å²) in [5.41, 5.74) is 5.94. The molecule has 78 valence electrons. The SMILES string of the molecule is CCCC(C)NNc1ncnc(Cl)n1. The van der Waals surface area contributed by atoms with Crippen LogP contribution < -0.4 is 10.9 Å². The van der Waals surface area contributed by atoms with Gasteiger partial charge < -0.3 is 0 Å². The number of halogens is 1. The number of anilines is 1. The first-order chi connectivity index (χ1) is 6.72. The van der Waals surface area contributed by atoms with Crippen molar-refractivity contribution in [2.45, 2.75) is 32.7 Å². The van der Waals surface area contributed by atoms with Crippen LogP contribution in [-0.2, 0) is 0 Å². The molecule has 5 nitrogen and oxygen atoms in total. The van der Waals surface area contributed by atoms with Crippen LogP contribution in [0.5, 0.6) is 0 Å². The van der Waals surface area contributed by atoms with Crippen LogP contribution in [0, 0.1) is 0 Å². The first kappa shape index (κ1) is 11.1. The van der Waals surface area contributed by atoms with Gasteiger partial charge in [-0.2, -0.15) is 4.98 Å². The van der Waals surface area contributed by atoms with Crippen LogP contribution in [0.25, 0.3) is 0 Å². The largest absolute Gasteiger partial charge is 0.289 e. The lowest BCUT2D eigenvalue weighted by molar-refractivity contribution is 0.549. The smallest absolute Gasteiger partial charge is 0.241 e. The third-order valence-electron chi connectivity index (χ3n) is 1.69. The Morgan fingerprint density at radius 3 is 2.93 bits per heavy atom. The Morgan fingerprint density at radius 1 is 1.50 bits per heavy atom. The molecule has 0 aliphatic heterocycles. The van der Waals surface area contributed by atoms with Gasteiger partial charge in [0.15, 0.2) is 0 Å². The third kappa shape index (κ3) is 3.85. The fraction of sp³-hybridized carbons (Fsp3) is 0.625. The average molecular weight is 216 g/mol. The highest BCUT2D eigenvalue weighted by molar-refractivity contribution is 6.28. The monoisotopic (exact) mass is 215 g/mol. The number of nitrogens with zero attached hydrogens (tertiary/aromatic N) is 3. The highest BCUT2D eigenvalue weighted by Gasteiger charge is 2.00. The summed E-state index contributed by atoms with van der Waals surface area (Å²) >= 11 is 5.59. The lowest BCUT2D eigenvalue weighted by Crippen LogP contribution is -2.32. The molecule has 1 rings (SSSR count). The van der Waals surface area contributed by atoms with Gasteiger partial charge in [0.25, 0.3) is 0 Å². The Balaban J connectivity index is 2.37. The van der Waals surface area contributed by atoms with Crippen LogP contribution in [0.2, 0.25) is 5.28 Å². The molecule has 1 aromatic rings. The fourth-order valence-electron chi connectivity index (χ4n) is 1.03. The normalized spacial score (nSPS) is 12.5. The zero-order chi connectivity index (χ0) is 10.4. The van der Waals surface area contributed by atoms with Crippen molar-refractivity contribution < 1.29 is 0 Å². The number of rotatable bonds is 5. The van der Waals surface area contributed by atoms with Gasteiger partial charge >= 0.3 is 0 Å². The van der Waals surface area contributed by atoms with Crippen molar-refractivity contribution in [3.8, 4) is 0 Å². The maximum absolute atomic E-state index is 5.59. The maximum Gasteiger partial charge on any atom is 0.241 e. The zero-order valence-corrected chi connectivity index (χ0v) is 9.04. The Morgan fingerprint density at radius 2 is 2.29 bits per heavy atom. The second kappa shape index (κ2) is 5.72. The van der Waals surface area contributed by atoms with Crippen molar-refractivity contribution in [2.24, 2.45) is 0 Å². The van der Waals surface area contributed by atoms with Gasteiger partial charge in [0.2, 0.25) is 11.2 Å². The van der Waals surface area contributed by atoms with E-state index in [4.69, 9.17) is 11.6 Å². The minimum atomic E-state index is 0.187. The molecule has 0 radical (unpaired) electrons. The van der Waals surface area contributed by atoms with E-state index in [1.54, 1.807) is 0 Å². The van der Waals surface area contributed by atoms with Crippen LogP contribution in [-0.4, -0.2) is 21.0 Å². The molecule has 0 saturated heterocycles. The number of aromatic nitrogens is 3. The molecule has 1 aromatic heterocycles. The molecule has 2 N–H and O–H groups in total. The van der Waals surface area contributed by atoms with Gasteiger partial charge in [-0.1, -0.05) is 13.3 Å². The lowest BCUT2D eigenvalue weighted by Gasteiger charge is -2.12. The average Bonchev–Trinajstić information content (AvgIpc) is 2.15. The predicted molar refractivity (Wildman–Crippen MR) is 56.0 cm³/mol. The van der Waals surface area contributed by atoms with Gasteiger partial charge in [-0.05, 0) is 24.9 Å². The second-order valence-electron chi connectivity index (χ2n) is 3.04. The van der Waals surface area contributed by atoms with Gasteiger partial charge in [-0.3, -0.25) is 5.43 Å². The van der Waals surface area contributed by atoms with Crippen molar-refractivity contribution >= 4 is 17.5 Å². The van der Waals surface area contributed by atoms with E-state index in [0.29, 0.717) is 12.0 Å². The van der Waals surface area contributed by atoms with Crippen LogP contribution in [0.4, 0.5) is 5.95 Å². The standard InChI is InChI=1S/C8H14ClN5/c1-3-4-6(2)13-14-8-11-5-10-7(9)12-8/h5-6,13H,3-4H2,1-2H3,(H,10,11,12,14). The van der Waals surface area contributed by atoms with E-state index in [2.05, 4.69) is 39.7 Å². The second-order valence-corrected chi connectivity index (χ2v) is 3.38. The number of hydrogen-bond donors (Lipinski definition) is 2. The minimum Gasteiger partial charge on any atom is -0.289 e. The van der Waals surface area contributed by atoms with Crippen molar-refractivity contribution in [1.82, 2.24) is 20.4 Å². The quantitative estimate of drug-likeness (QED) is 0.731. The summed E-state index contributed by atoms with van der Waals surface area (Å²) in [6, 6.07) is 0.371. The minimum absolute atomic E-state index is 0.187. The molecule has 0 fully saturated rings. The van der Waals surface area contributed by atoms with Gasteiger partial charge in [0, 0.05) is 6.04 Å². The summed E-state index contributed by atoms with van der Waals surface area (Å²) in [7, 11) is 0. The molecule has 0 aliphatic rings. The molecule has 1 atom stereocenters. The molecule has 1 heterocycles. The van der Waals surface area contributed by atoms with E-state index in [0.717, 1.165) is 12.8 Å². The highest BCUT2D eigenvalue weighted by Crippen LogP contribution is 2.01. The summed E-state index contributed by atoms with van der Waals surface area (Å²) in [4.78, 5) is 11.4. The Kier molecular flexibility index (Phi) is 4.55. The summed E-state index contributed by atoms with van der Waals surface area (Å²) < 4.78 is 0. The number of hydrazine groups is 1. The van der Waals surface area contributed by atoms with E-state index >= 15 is 0 Å². The van der Waals surface area contributed by atoms with Crippen LogP contribution in [0.3, 0.4) is 0 Å². The van der Waals surface area contributed by atoms with Crippen LogP contribution >= 0.6 is 11.6 Å². The first-order valence-electron chi connectivity index (χ1n) is 4.58. The van der Waals surface area contributed by atoms with Gasteiger partial charge in [-0.15, -0.1) is 0 Å². The van der Waals surface area contributed by atoms with Crippen molar-refractivity contribution in [2.75, 3.05) is 5.43 Å². The van der Waals surface area contributed by atoms with E-state index in [1.165, 1.54) is 6.33 Å². The Bertz CT molecular complexity index is 280. The highest BCUT2D eigenvalue weighted by atomic mass is 35.5. The van der Waals surface area contributed by atoms with Gasteiger partial charge in [0.05, 0.1) is 0 Å². The van der Waals surface area contributed by atoms with Gasteiger partial charge in [0.1, 0.15) is 6.33 Å². The maximum atomic E-state index is 5.59. The third-order valence-corrected chi connectivity index (χ3v) is 1.88. The lowest BCUT2D eigenvalue weighted by atomic mass is 10.2. The molecule has 0 spiro atoms. The van der Waals surface area contributed by atoms with E-state index in [1.807, 2.05) is 0 Å². The Hall–Kier alpha value is -0.940. The summed E-state index contributed by atoms with van der Waals surface area (Å²) in [5, 5.41) is 0.187. The van der Waals surface area contributed by atoms with Crippen molar-refractivity contribution in [3.63, 3.8) is 0 Å². The number of nitrogens with one attached hydrogen (secondary N) is 2. The molecule has 14 heavy (non-hydrogen) atoms. The van der Waals surface area contributed by atoms with Gasteiger partial charge in [-0.25, -0.2) is 15.4 Å². The Labute approximate surface area is 88.3 Å². The summed E-state index contributed by atoms with van der Waals surface area (Å²) in [6.45, 7) is 4.22. The van der Waals surface area contributed by atoms with E-state index < -0.39 is 0 Å². The molecule has 0 bridgehead atoms. The molecule has 0 saturated carbocycles. The molecule has 0 amide bonds. The molecule has 0 aromatic carbocycles. The van der Waals surface area contributed by atoms with Crippen LogP contribution in [0.15, 0.2) is 6.33 Å². The van der Waals surface area contributed by atoms with Crippen LogP contribution in [0.1, 0.15) is 26.7 Å².